The summed E-state index contributed by atoms with van der Waals surface area (Å²) in [6.07, 6.45) is 71.9. The summed E-state index contributed by atoms with van der Waals surface area (Å²) < 4.78 is 5.91. The lowest BCUT2D eigenvalue weighted by Gasteiger charge is -2.24. The van der Waals surface area contributed by atoms with Crippen LogP contribution in [0.5, 0.6) is 0 Å². The van der Waals surface area contributed by atoms with Crippen LogP contribution in [0.1, 0.15) is 252 Å². The van der Waals surface area contributed by atoms with E-state index < -0.39 is 18.2 Å². The van der Waals surface area contributed by atoms with E-state index in [1.54, 1.807) is 0 Å². The van der Waals surface area contributed by atoms with E-state index in [0.29, 0.717) is 19.3 Å². The van der Waals surface area contributed by atoms with Crippen LogP contribution in [0.4, 0.5) is 0 Å². The Hall–Kier alpha value is -3.22. The number of nitrogens with one attached hydrogen (secondary N) is 1. The van der Waals surface area contributed by atoms with Gasteiger partial charge in [-0.3, -0.25) is 9.59 Å². The Morgan fingerprint density at radius 1 is 0.448 bits per heavy atom. The minimum Gasteiger partial charge on any atom is -0.462 e. The third-order valence-corrected chi connectivity index (χ3v) is 12.2. The van der Waals surface area contributed by atoms with Crippen molar-refractivity contribution in [2.75, 3.05) is 6.61 Å². The minimum atomic E-state index is -0.810. The van der Waals surface area contributed by atoms with Gasteiger partial charge in [0.15, 0.2) is 0 Å². The van der Waals surface area contributed by atoms with Crippen LogP contribution in [0.15, 0.2) is 97.2 Å². The number of amides is 1. The Balaban J connectivity index is 4.60. The van der Waals surface area contributed by atoms with Crippen molar-refractivity contribution in [3.05, 3.63) is 97.2 Å². The number of unbranched alkanes of at least 4 members (excludes halogenated alkanes) is 21. The molecule has 6 heteroatoms. The lowest BCUT2D eigenvalue weighted by atomic mass is 10.0. The lowest BCUT2D eigenvalue weighted by molar-refractivity contribution is -0.151. The van der Waals surface area contributed by atoms with Gasteiger partial charge in [-0.05, 0) is 103 Å². The van der Waals surface area contributed by atoms with Gasteiger partial charge < -0.3 is 20.3 Å². The highest BCUT2D eigenvalue weighted by atomic mass is 16.5. The Kier molecular flexibility index (Phi) is 51.1. The number of allylic oxidation sites excluding steroid dienone is 16. The molecule has 3 N–H and O–H groups in total. The molecular formula is C61H105NO5. The molecule has 0 aliphatic carbocycles. The van der Waals surface area contributed by atoms with E-state index in [4.69, 9.17) is 4.74 Å². The summed E-state index contributed by atoms with van der Waals surface area (Å²) in [6, 6.07) is -0.727. The Morgan fingerprint density at radius 2 is 0.806 bits per heavy atom. The molecule has 3 unspecified atom stereocenters. The second-order valence-electron chi connectivity index (χ2n) is 18.6. The minimum absolute atomic E-state index is 0.0330. The Bertz CT molecular complexity index is 1320. The molecular weight excluding hydrogens is 827 g/mol. The maximum atomic E-state index is 13.2. The van der Waals surface area contributed by atoms with Crippen molar-refractivity contribution in [1.29, 1.82) is 0 Å². The first kappa shape index (κ1) is 63.8. The standard InChI is InChI=1S/C61H105NO5/c1-4-7-10-13-16-19-22-25-27-29-30-32-34-36-39-42-45-48-51-54-61(66)67-57(52-49-46-43-40-37-24-21-18-15-12-9-6-3)55-60(65)62-58(56-63)59(64)53-50-47-44-41-38-35-33-31-28-26-23-20-17-14-11-8-5-2/h7,9-10,12,16,18-19,21,25,27,30,32,36-37,39-40,57-59,63-64H,4-6,8,11,13-15,17,20,22-24,26,28-29,31,33-35,38,41-56H2,1-3H3,(H,62,65)/b10-7-,12-9+,19-16-,21-18+,27-25-,32-30-,39-36-,40-37+. The van der Waals surface area contributed by atoms with Crippen LogP contribution < -0.4 is 5.32 Å². The second kappa shape index (κ2) is 53.7. The van der Waals surface area contributed by atoms with Gasteiger partial charge in [0, 0.05) is 6.42 Å². The van der Waals surface area contributed by atoms with E-state index in [9.17, 15) is 19.8 Å². The van der Waals surface area contributed by atoms with Crippen molar-refractivity contribution in [3.63, 3.8) is 0 Å². The van der Waals surface area contributed by atoms with Gasteiger partial charge >= 0.3 is 5.97 Å². The molecule has 0 bridgehead atoms. The summed E-state index contributed by atoms with van der Waals surface area (Å²) in [7, 11) is 0. The predicted octanol–water partition coefficient (Wildman–Crippen LogP) is 17.3. The van der Waals surface area contributed by atoms with Crippen LogP contribution in [-0.4, -0.2) is 46.9 Å². The van der Waals surface area contributed by atoms with Crippen LogP contribution in [-0.2, 0) is 14.3 Å². The third kappa shape index (κ3) is 49.0. The fraction of sp³-hybridized carbons (Fsp3) is 0.705. The molecule has 0 heterocycles. The number of esters is 1. The quantitative estimate of drug-likeness (QED) is 0.0321. The number of hydrogen-bond donors (Lipinski definition) is 3. The molecule has 0 aliphatic heterocycles. The van der Waals surface area contributed by atoms with Gasteiger partial charge in [0.05, 0.1) is 25.2 Å². The van der Waals surface area contributed by atoms with Gasteiger partial charge in [-0.15, -0.1) is 0 Å². The van der Waals surface area contributed by atoms with Crippen LogP contribution >= 0.6 is 0 Å². The van der Waals surface area contributed by atoms with Crippen molar-refractivity contribution >= 4 is 11.9 Å². The fourth-order valence-corrected chi connectivity index (χ4v) is 8.00. The molecule has 0 fully saturated rings. The van der Waals surface area contributed by atoms with Gasteiger partial charge in [0.1, 0.15) is 6.10 Å². The molecule has 67 heavy (non-hydrogen) atoms. The van der Waals surface area contributed by atoms with E-state index in [-0.39, 0.29) is 24.9 Å². The maximum absolute atomic E-state index is 13.2. The maximum Gasteiger partial charge on any atom is 0.306 e. The molecule has 3 atom stereocenters. The Morgan fingerprint density at radius 3 is 1.22 bits per heavy atom. The smallest absolute Gasteiger partial charge is 0.306 e. The molecule has 0 saturated carbocycles. The van der Waals surface area contributed by atoms with Crippen molar-refractivity contribution in [2.24, 2.45) is 0 Å². The molecule has 384 valence electrons. The molecule has 0 rings (SSSR count). The first-order valence-corrected chi connectivity index (χ1v) is 28.0. The molecule has 0 radical (unpaired) electrons. The van der Waals surface area contributed by atoms with E-state index in [1.165, 1.54) is 89.9 Å². The topological polar surface area (TPSA) is 95.9 Å². The summed E-state index contributed by atoms with van der Waals surface area (Å²) in [6.45, 7) is 6.25. The number of aliphatic hydroxyl groups is 2. The highest BCUT2D eigenvalue weighted by Gasteiger charge is 2.24. The van der Waals surface area contributed by atoms with Crippen molar-refractivity contribution in [1.82, 2.24) is 5.32 Å². The fourth-order valence-electron chi connectivity index (χ4n) is 8.00. The Labute approximate surface area is 414 Å². The largest absolute Gasteiger partial charge is 0.462 e. The first-order chi connectivity index (χ1) is 33.0. The van der Waals surface area contributed by atoms with Crippen LogP contribution in [0.25, 0.3) is 0 Å². The van der Waals surface area contributed by atoms with Gasteiger partial charge in [0.2, 0.25) is 5.91 Å². The molecule has 0 aromatic rings. The van der Waals surface area contributed by atoms with E-state index in [0.717, 1.165) is 116 Å². The number of aliphatic hydroxyl groups excluding tert-OH is 2. The van der Waals surface area contributed by atoms with E-state index >= 15 is 0 Å². The second-order valence-corrected chi connectivity index (χ2v) is 18.6. The monoisotopic (exact) mass is 932 g/mol. The summed E-state index contributed by atoms with van der Waals surface area (Å²) in [5.74, 6) is -0.554. The van der Waals surface area contributed by atoms with Crippen LogP contribution in [0, 0.1) is 0 Å². The molecule has 1 amide bonds. The first-order valence-electron chi connectivity index (χ1n) is 28.0. The molecule has 0 aromatic heterocycles. The SMILES string of the molecule is CC/C=C\C/C=C\C/C=C\C/C=C\C/C=C\CCCCCC(=O)OC(CCCC/C=C/C/C=C/C/C=C/CC)CC(=O)NC(CO)C(O)CCCCCCCCCCCCCCCCCCC. The number of hydrogen-bond acceptors (Lipinski definition) is 5. The number of carbonyl (C=O) groups is 2. The summed E-state index contributed by atoms with van der Waals surface area (Å²) >= 11 is 0. The molecule has 0 spiro atoms. The zero-order valence-electron chi connectivity index (χ0n) is 43.8. The lowest BCUT2D eigenvalue weighted by Crippen LogP contribution is -2.46. The number of ether oxygens (including phenoxy) is 1. The average molecular weight is 933 g/mol. The van der Waals surface area contributed by atoms with Crippen molar-refractivity contribution in [3.8, 4) is 0 Å². The molecule has 0 aromatic carbocycles. The number of rotatable bonds is 49. The predicted molar refractivity (Wildman–Crippen MR) is 291 cm³/mol. The normalized spacial score (nSPS) is 13.9. The summed E-state index contributed by atoms with van der Waals surface area (Å²) in [4.78, 5) is 26.2. The molecule has 0 aliphatic rings. The summed E-state index contributed by atoms with van der Waals surface area (Å²) in [5, 5.41) is 23.8. The summed E-state index contributed by atoms with van der Waals surface area (Å²) in [5.41, 5.74) is 0. The van der Waals surface area contributed by atoms with Crippen LogP contribution in [0.3, 0.4) is 0 Å². The highest BCUT2D eigenvalue weighted by Crippen LogP contribution is 2.17. The van der Waals surface area contributed by atoms with Gasteiger partial charge in [-0.1, -0.05) is 234 Å². The van der Waals surface area contributed by atoms with Gasteiger partial charge in [-0.25, -0.2) is 0 Å². The third-order valence-electron chi connectivity index (χ3n) is 12.2. The number of carbonyl (C=O) groups excluding carboxylic acids is 2. The van der Waals surface area contributed by atoms with Crippen molar-refractivity contribution < 1.29 is 24.5 Å². The average Bonchev–Trinajstić information content (AvgIpc) is 3.32. The van der Waals surface area contributed by atoms with Crippen LogP contribution in [0.2, 0.25) is 0 Å². The van der Waals surface area contributed by atoms with E-state index in [1.807, 2.05) is 0 Å². The van der Waals surface area contributed by atoms with E-state index in [2.05, 4.69) is 123 Å². The van der Waals surface area contributed by atoms with Gasteiger partial charge in [0.25, 0.3) is 0 Å². The molecule has 6 nitrogen and oxygen atoms in total. The van der Waals surface area contributed by atoms with Crippen molar-refractivity contribution in [2.45, 2.75) is 270 Å². The zero-order valence-corrected chi connectivity index (χ0v) is 43.8. The zero-order chi connectivity index (χ0) is 48.8. The molecule has 0 saturated heterocycles. The highest BCUT2D eigenvalue weighted by molar-refractivity contribution is 5.77. The van der Waals surface area contributed by atoms with Gasteiger partial charge in [-0.2, -0.15) is 0 Å².